The summed E-state index contributed by atoms with van der Waals surface area (Å²) in [6.45, 7) is 2.46. The molecule has 7 heteroatoms. The van der Waals surface area contributed by atoms with Crippen molar-refractivity contribution in [1.82, 2.24) is 0 Å². The maximum absolute atomic E-state index is 12.0. The van der Waals surface area contributed by atoms with Crippen molar-refractivity contribution in [2.45, 2.75) is 11.8 Å². The first-order chi connectivity index (χ1) is 11.4. The first-order valence-electron chi connectivity index (χ1n) is 7.23. The second kappa shape index (κ2) is 7.76. The van der Waals surface area contributed by atoms with Crippen molar-refractivity contribution in [3.63, 3.8) is 0 Å². The maximum Gasteiger partial charge on any atom is 0.238 e. The Bertz CT molecular complexity index is 826. The summed E-state index contributed by atoms with van der Waals surface area (Å²) in [7, 11) is -3.71. The normalized spacial score (nSPS) is 11.4. The van der Waals surface area contributed by atoms with Crippen molar-refractivity contribution in [3.05, 3.63) is 66.4 Å². The molecule has 2 aromatic rings. The van der Waals surface area contributed by atoms with Crippen LogP contribution in [0.25, 0.3) is 0 Å². The Kier molecular flexibility index (Phi) is 5.73. The topological polar surface area (TPSA) is 98.5 Å². The summed E-state index contributed by atoms with van der Waals surface area (Å²) in [4.78, 5) is 12.1. The molecule has 0 heterocycles. The Morgan fingerprint density at radius 2 is 1.75 bits per heavy atom. The summed E-state index contributed by atoms with van der Waals surface area (Å²) in [5.74, 6) is 0.554. The van der Waals surface area contributed by atoms with Crippen LogP contribution in [-0.4, -0.2) is 20.8 Å². The first-order valence-corrected chi connectivity index (χ1v) is 8.78. The highest BCUT2D eigenvalue weighted by atomic mass is 32.2. The number of nitrogens with one attached hydrogen (secondary N) is 1. The van der Waals surface area contributed by atoms with E-state index in [0.717, 1.165) is 0 Å². The molecule has 2 rings (SSSR count). The second-order valence-electron chi connectivity index (χ2n) is 4.87. The number of ether oxygens (including phenoxy) is 1. The summed E-state index contributed by atoms with van der Waals surface area (Å²) in [6.07, 6.45) is 2.88. The van der Waals surface area contributed by atoms with Gasteiger partial charge in [0.05, 0.1) is 11.5 Å². The summed E-state index contributed by atoms with van der Waals surface area (Å²) in [6, 6.07) is 12.8. The number of benzene rings is 2. The van der Waals surface area contributed by atoms with Crippen LogP contribution in [-0.2, 0) is 10.0 Å². The van der Waals surface area contributed by atoms with Crippen molar-refractivity contribution in [1.29, 1.82) is 0 Å². The van der Waals surface area contributed by atoms with Crippen LogP contribution in [0, 0.1) is 0 Å². The number of hydrogen-bond donors (Lipinski definition) is 2. The van der Waals surface area contributed by atoms with Gasteiger partial charge in [0.1, 0.15) is 5.75 Å². The molecule has 0 aliphatic carbocycles. The zero-order chi connectivity index (χ0) is 17.6. The van der Waals surface area contributed by atoms with Crippen molar-refractivity contribution in [3.8, 4) is 5.75 Å². The molecule has 0 aliphatic rings. The van der Waals surface area contributed by atoms with Gasteiger partial charge in [0.2, 0.25) is 10.0 Å². The van der Waals surface area contributed by atoms with Crippen LogP contribution in [0.4, 0.5) is 5.69 Å². The fraction of sp³-hybridized carbons (Fsp3) is 0.118. The van der Waals surface area contributed by atoms with Crippen molar-refractivity contribution < 1.29 is 17.9 Å². The van der Waals surface area contributed by atoms with Crippen LogP contribution < -0.4 is 15.2 Å². The van der Waals surface area contributed by atoms with Crippen LogP contribution in [0.1, 0.15) is 17.3 Å². The van der Waals surface area contributed by atoms with Crippen molar-refractivity contribution in [2.75, 3.05) is 11.9 Å². The molecule has 2 aromatic carbocycles. The van der Waals surface area contributed by atoms with E-state index in [2.05, 4.69) is 5.32 Å². The summed E-state index contributed by atoms with van der Waals surface area (Å²) in [5, 5.41) is 7.92. The molecule has 0 amide bonds. The highest BCUT2D eigenvalue weighted by Gasteiger charge is 2.06. The quantitative estimate of drug-likeness (QED) is 0.593. The molecule has 0 fully saturated rings. The third-order valence-corrected chi connectivity index (χ3v) is 4.05. The maximum atomic E-state index is 12.0. The fourth-order valence-corrected chi connectivity index (χ4v) is 2.45. The minimum absolute atomic E-state index is 0.0301. The molecular formula is C17H18N2O4S. The highest BCUT2D eigenvalue weighted by Crippen LogP contribution is 2.14. The van der Waals surface area contributed by atoms with Crippen LogP contribution in [0.5, 0.6) is 5.75 Å². The van der Waals surface area contributed by atoms with E-state index in [1.54, 1.807) is 36.4 Å². The van der Waals surface area contributed by atoms with E-state index in [1.165, 1.54) is 24.4 Å². The van der Waals surface area contributed by atoms with Gasteiger partial charge in [-0.15, -0.1) is 0 Å². The van der Waals surface area contributed by atoms with Gasteiger partial charge in [-0.1, -0.05) is 0 Å². The number of primary sulfonamides is 1. The molecule has 0 saturated carbocycles. The van der Waals surface area contributed by atoms with E-state index >= 15 is 0 Å². The van der Waals surface area contributed by atoms with E-state index in [0.29, 0.717) is 23.6 Å². The lowest BCUT2D eigenvalue weighted by Gasteiger charge is -2.03. The third kappa shape index (κ3) is 4.94. The zero-order valence-electron chi connectivity index (χ0n) is 13.1. The van der Waals surface area contributed by atoms with Gasteiger partial charge in [-0.05, 0) is 55.5 Å². The number of sulfonamides is 1. The van der Waals surface area contributed by atoms with Gasteiger partial charge >= 0.3 is 0 Å². The molecule has 126 valence electrons. The Hall–Kier alpha value is -2.64. The van der Waals surface area contributed by atoms with E-state index in [9.17, 15) is 13.2 Å². The predicted octanol–water partition coefficient (Wildman–Crippen LogP) is 2.54. The molecule has 0 unspecified atom stereocenters. The lowest BCUT2D eigenvalue weighted by Crippen LogP contribution is -2.11. The summed E-state index contributed by atoms with van der Waals surface area (Å²) < 4.78 is 27.6. The van der Waals surface area contributed by atoms with Gasteiger partial charge in [0, 0.05) is 23.5 Å². The number of anilines is 1. The molecule has 0 spiro atoms. The van der Waals surface area contributed by atoms with Gasteiger partial charge in [-0.25, -0.2) is 13.6 Å². The molecule has 0 atom stereocenters. The molecule has 3 N–H and O–H groups in total. The molecule has 0 saturated heterocycles. The number of carbonyl (C=O) groups excluding carboxylic acids is 1. The zero-order valence-corrected chi connectivity index (χ0v) is 13.9. The average molecular weight is 346 g/mol. The summed E-state index contributed by atoms with van der Waals surface area (Å²) in [5.41, 5.74) is 1.18. The molecule has 24 heavy (non-hydrogen) atoms. The van der Waals surface area contributed by atoms with Crippen LogP contribution in [0.15, 0.2) is 65.7 Å². The Balaban J connectivity index is 1.96. The lowest BCUT2D eigenvalue weighted by molar-refractivity contribution is 0.104. The van der Waals surface area contributed by atoms with Crippen molar-refractivity contribution >= 4 is 21.5 Å². The van der Waals surface area contributed by atoms with Gasteiger partial charge in [0.25, 0.3) is 0 Å². The van der Waals surface area contributed by atoms with Crippen LogP contribution >= 0.6 is 0 Å². The number of nitrogens with two attached hydrogens (primary N) is 1. The largest absolute Gasteiger partial charge is 0.494 e. The minimum atomic E-state index is -3.71. The molecule has 0 radical (unpaired) electrons. The number of rotatable bonds is 7. The Morgan fingerprint density at radius 1 is 1.12 bits per heavy atom. The molecular weight excluding hydrogens is 328 g/mol. The third-order valence-electron chi connectivity index (χ3n) is 3.12. The smallest absolute Gasteiger partial charge is 0.238 e. The van der Waals surface area contributed by atoms with Crippen LogP contribution in [0.2, 0.25) is 0 Å². The Morgan fingerprint density at radius 3 is 2.29 bits per heavy atom. The first kappa shape index (κ1) is 17.7. The molecule has 0 bridgehead atoms. The number of hydrogen-bond acceptors (Lipinski definition) is 5. The second-order valence-corrected chi connectivity index (χ2v) is 6.43. The molecule has 0 aliphatic heterocycles. The lowest BCUT2D eigenvalue weighted by atomic mass is 10.1. The number of allylic oxidation sites excluding steroid dienone is 1. The van der Waals surface area contributed by atoms with Gasteiger partial charge in [-0.3, -0.25) is 4.79 Å². The average Bonchev–Trinajstić information content (AvgIpc) is 2.55. The summed E-state index contributed by atoms with van der Waals surface area (Å²) >= 11 is 0. The Labute approximate surface area is 141 Å². The molecule has 6 nitrogen and oxygen atoms in total. The van der Waals surface area contributed by atoms with Gasteiger partial charge in [-0.2, -0.15) is 0 Å². The van der Waals surface area contributed by atoms with Crippen LogP contribution in [0.3, 0.4) is 0 Å². The monoisotopic (exact) mass is 346 g/mol. The van der Waals surface area contributed by atoms with Gasteiger partial charge in [0.15, 0.2) is 5.78 Å². The fourth-order valence-electron chi connectivity index (χ4n) is 1.93. The number of carbonyl (C=O) groups is 1. The van der Waals surface area contributed by atoms with E-state index in [1.807, 2.05) is 6.92 Å². The molecule has 0 aromatic heterocycles. The van der Waals surface area contributed by atoms with Crippen molar-refractivity contribution in [2.24, 2.45) is 5.14 Å². The SMILES string of the molecule is CCOc1ccc(C(=O)/C=C/Nc2ccc(S(N)(=O)=O)cc2)cc1. The van der Waals surface area contributed by atoms with E-state index in [-0.39, 0.29) is 10.7 Å². The standard InChI is InChI=1S/C17H18N2O4S/c1-2-23-15-7-3-13(4-8-15)17(20)11-12-19-14-5-9-16(10-6-14)24(18,21)22/h3-12,19H,2H2,1H3,(H2,18,21,22)/b12-11+. The number of ketones is 1. The highest BCUT2D eigenvalue weighted by molar-refractivity contribution is 7.89. The minimum Gasteiger partial charge on any atom is -0.494 e. The predicted molar refractivity (Wildman–Crippen MR) is 92.5 cm³/mol. The van der Waals surface area contributed by atoms with E-state index in [4.69, 9.17) is 9.88 Å². The van der Waals surface area contributed by atoms with Gasteiger partial charge < -0.3 is 10.1 Å². The van der Waals surface area contributed by atoms with E-state index < -0.39 is 10.0 Å².